The summed E-state index contributed by atoms with van der Waals surface area (Å²) >= 11 is 0. The number of ether oxygens (including phenoxy) is 1. The van der Waals surface area contributed by atoms with E-state index in [2.05, 4.69) is 0 Å². The van der Waals surface area contributed by atoms with Crippen LogP contribution in [-0.4, -0.2) is 53.0 Å². The molecule has 1 amide bonds. The van der Waals surface area contributed by atoms with Crippen molar-refractivity contribution >= 4 is 5.91 Å². The standard InChI is InChI=1S/C16H24N2O3/c1-5-17(6-2)15(19)16(3)13(14(21-4)18(16)20)12-10-8-7-9-11-12/h7-11,13-14,20H,5-6H2,1-4H3. The number of rotatable bonds is 5. The van der Waals surface area contributed by atoms with E-state index >= 15 is 0 Å². The van der Waals surface area contributed by atoms with Gasteiger partial charge in [-0.2, -0.15) is 0 Å². The van der Waals surface area contributed by atoms with Gasteiger partial charge in [-0.05, 0) is 26.3 Å². The number of hydroxylamine groups is 2. The molecule has 2 rings (SSSR count). The largest absolute Gasteiger partial charge is 0.363 e. The van der Waals surface area contributed by atoms with E-state index in [1.165, 1.54) is 0 Å². The molecule has 1 N–H and O–H groups in total. The summed E-state index contributed by atoms with van der Waals surface area (Å²) in [6.07, 6.45) is -0.503. The first-order valence-electron chi connectivity index (χ1n) is 7.37. The fourth-order valence-electron chi connectivity index (χ4n) is 3.19. The second-order valence-electron chi connectivity index (χ2n) is 5.48. The molecular formula is C16H24N2O3. The third-order valence-corrected chi connectivity index (χ3v) is 4.49. The highest BCUT2D eigenvalue weighted by atomic mass is 16.6. The number of likely N-dealkylation sites (N-methyl/N-ethyl adjacent to an activating group) is 1. The van der Waals surface area contributed by atoms with Gasteiger partial charge in [0.05, 0.1) is 5.92 Å². The number of carbonyl (C=O) groups excluding carboxylic acids is 1. The van der Waals surface area contributed by atoms with E-state index in [1.807, 2.05) is 44.2 Å². The zero-order chi connectivity index (χ0) is 15.6. The number of methoxy groups -OCH3 is 1. The van der Waals surface area contributed by atoms with Crippen molar-refractivity contribution in [3.8, 4) is 0 Å². The molecule has 1 aromatic rings. The molecule has 0 spiro atoms. The van der Waals surface area contributed by atoms with Crippen LogP contribution < -0.4 is 0 Å². The Hall–Kier alpha value is -1.43. The van der Waals surface area contributed by atoms with Gasteiger partial charge in [0.1, 0.15) is 11.8 Å². The van der Waals surface area contributed by atoms with Gasteiger partial charge < -0.3 is 14.8 Å². The fraction of sp³-hybridized carbons (Fsp3) is 0.562. The van der Waals surface area contributed by atoms with Crippen LogP contribution in [0.1, 0.15) is 32.3 Å². The molecule has 21 heavy (non-hydrogen) atoms. The minimum Gasteiger partial charge on any atom is -0.363 e. The highest BCUT2D eigenvalue weighted by Gasteiger charge is 2.63. The Morgan fingerprint density at radius 3 is 2.38 bits per heavy atom. The maximum atomic E-state index is 12.8. The summed E-state index contributed by atoms with van der Waals surface area (Å²) in [5, 5.41) is 11.4. The van der Waals surface area contributed by atoms with Crippen molar-refractivity contribution in [3.05, 3.63) is 35.9 Å². The maximum Gasteiger partial charge on any atom is 0.246 e. The lowest BCUT2D eigenvalue weighted by Gasteiger charge is -2.57. The Kier molecular flexibility index (Phi) is 4.66. The minimum absolute atomic E-state index is 0.0721. The van der Waals surface area contributed by atoms with Crippen LogP contribution in [0.25, 0.3) is 0 Å². The predicted octanol–water partition coefficient (Wildman–Crippen LogP) is 2.07. The van der Waals surface area contributed by atoms with Gasteiger partial charge in [0.25, 0.3) is 0 Å². The lowest BCUT2D eigenvalue weighted by atomic mass is 9.70. The van der Waals surface area contributed by atoms with Crippen molar-refractivity contribution in [1.29, 1.82) is 0 Å². The molecular weight excluding hydrogens is 268 g/mol. The van der Waals surface area contributed by atoms with Crippen LogP contribution in [0.4, 0.5) is 0 Å². The van der Waals surface area contributed by atoms with Crippen LogP contribution >= 0.6 is 0 Å². The zero-order valence-electron chi connectivity index (χ0n) is 13.1. The highest BCUT2D eigenvalue weighted by molar-refractivity contribution is 5.88. The average Bonchev–Trinajstić information content (AvgIpc) is 2.52. The van der Waals surface area contributed by atoms with Crippen LogP contribution in [0.3, 0.4) is 0 Å². The van der Waals surface area contributed by atoms with E-state index in [9.17, 15) is 10.0 Å². The first kappa shape index (κ1) is 15.9. The van der Waals surface area contributed by atoms with Gasteiger partial charge in [-0.25, -0.2) is 0 Å². The summed E-state index contributed by atoms with van der Waals surface area (Å²) < 4.78 is 5.36. The number of carbonyl (C=O) groups is 1. The van der Waals surface area contributed by atoms with E-state index in [-0.39, 0.29) is 11.8 Å². The highest BCUT2D eigenvalue weighted by Crippen LogP contribution is 2.48. The van der Waals surface area contributed by atoms with Crippen molar-refractivity contribution in [2.45, 2.75) is 38.5 Å². The smallest absolute Gasteiger partial charge is 0.246 e. The van der Waals surface area contributed by atoms with E-state index in [0.717, 1.165) is 10.6 Å². The lowest BCUT2D eigenvalue weighted by molar-refractivity contribution is -0.338. The monoisotopic (exact) mass is 292 g/mol. The molecule has 1 aliphatic heterocycles. The SMILES string of the molecule is CCN(CC)C(=O)C1(C)C(c2ccccc2)C(OC)N1O. The second kappa shape index (κ2) is 6.13. The molecule has 0 aliphatic carbocycles. The van der Waals surface area contributed by atoms with Crippen molar-refractivity contribution in [2.24, 2.45) is 0 Å². The van der Waals surface area contributed by atoms with Crippen molar-refractivity contribution in [3.63, 3.8) is 0 Å². The molecule has 3 atom stereocenters. The molecule has 1 aliphatic rings. The molecule has 5 nitrogen and oxygen atoms in total. The Balaban J connectivity index is 2.38. The Morgan fingerprint density at radius 1 is 1.33 bits per heavy atom. The topological polar surface area (TPSA) is 53.0 Å². The van der Waals surface area contributed by atoms with Crippen molar-refractivity contribution in [1.82, 2.24) is 9.96 Å². The van der Waals surface area contributed by atoms with E-state index in [0.29, 0.717) is 13.1 Å². The Morgan fingerprint density at radius 2 is 1.90 bits per heavy atom. The number of hydrogen-bond donors (Lipinski definition) is 1. The van der Waals surface area contributed by atoms with Crippen LogP contribution in [0, 0.1) is 0 Å². The molecule has 5 heteroatoms. The lowest BCUT2D eigenvalue weighted by Crippen LogP contribution is -2.75. The number of benzene rings is 1. The Bertz CT molecular complexity index is 490. The van der Waals surface area contributed by atoms with E-state index in [4.69, 9.17) is 4.74 Å². The maximum absolute atomic E-state index is 12.8. The van der Waals surface area contributed by atoms with E-state index in [1.54, 1.807) is 18.9 Å². The summed E-state index contributed by atoms with van der Waals surface area (Å²) in [6.45, 7) is 6.91. The molecule has 3 unspecified atom stereocenters. The van der Waals surface area contributed by atoms with Crippen molar-refractivity contribution in [2.75, 3.05) is 20.2 Å². The summed E-state index contributed by atoms with van der Waals surface area (Å²) in [5.74, 6) is -0.265. The fourth-order valence-corrected chi connectivity index (χ4v) is 3.19. The number of hydrogen-bond acceptors (Lipinski definition) is 4. The average molecular weight is 292 g/mol. The van der Waals surface area contributed by atoms with Crippen LogP contribution in [0.15, 0.2) is 30.3 Å². The third kappa shape index (κ3) is 2.35. The van der Waals surface area contributed by atoms with Gasteiger partial charge in [0, 0.05) is 20.2 Å². The third-order valence-electron chi connectivity index (χ3n) is 4.49. The summed E-state index contributed by atoms with van der Waals surface area (Å²) in [7, 11) is 1.55. The van der Waals surface area contributed by atoms with Crippen molar-refractivity contribution < 1.29 is 14.7 Å². The number of nitrogens with zero attached hydrogens (tertiary/aromatic N) is 2. The molecule has 1 saturated heterocycles. The van der Waals surface area contributed by atoms with Crippen LogP contribution in [0.5, 0.6) is 0 Å². The molecule has 1 fully saturated rings. The van der Waals surface area contributed by atoms with Gasteiger partial charge >= 0.3 is 0 Å². The summed E-state index contributed by atoms with van der Waals surface area (Å²) in [4.78, 5) is 14.6. The molecule has 0 saturated carbocycles. The second-order valence-corrected chi connectivity index (χ2v) is 5.48. The van der Waals surface area contributed by atoms with Gasteiger partial charge in [-0.3, -0.25) is 4.79 Å². The van der Waals surface area contributed by atoms with E-state index < -0.39 is 11.8 Å². The molecule has 1 aromatic carbocycles. The normalized spacial score (nSPS) is 29.0. The summed E-state index contributed by atoms with van der Waals surface area (Å²) in [5.41, 5.74) is 0.00582. The molecule has 0 bridgehead atoms. The molecule has 0 aromatic heterocycles. The minimum atomic E-state index is -0.992. The molecule has 1 heterocycles. The quantitative estimate of drug-likeness (QED) is 0.902. The first-order chi connectivity index (χ1) is 10.0. The Labute approximate surface area is 126 Å². The zero-order valence-corrected chi connectivity index (χ0v) is 13.1. The van der Waals surface area contributed by atoms with Gasteiger partial charge in [0.2, 0.25) is 5.91 Å². The number of amides is 1. The van der Waals surface area contributed by atoms with Crippen LogP contribution in [-0.2, 0) is 9.53 Å². The van der Waals surface area contributed by atoms with Gasteiger partial charge in [-0.15, -0.1) is 5.06 Å². The van der Waals surface area contributed by atoms with Crippen LogP contribution in [0.2, 0.25) is 0 Å². The predicted molar refractivity (Wildman–Crippen MR) is 79.9 cm³/mol. The summed E-state index contributed by atoms with van der Waals surface area (Å²) in [6, 6.07) is 9.74. The molecule has 0 radical (unpaired) electrons. The molecule has 116 valence electrons. The van der Waals surface area contributed by atoms with Gasteiger partial charge in [-0.1, -0.05) is 30.3 Å². The first-order valence-corrected chi connectivity index (χ1v) is 7.37. The van der Waals surface area contributed by atoms with Gasteiger partial charge in [0.15, 0.2) is 0 Å².